The van der Waals surface area contributed by atoms with Crippen LogP contribution in [0.3, 0.4) is 0 Å². The van der Waals surface area contributed by atoms with Crippen LogP contribution in [0, 0.1) is 28.6 Å². The summed E-state index contributed by atoms with van der Waals surface area (Å²) in [6, 6.07) is 0. The number of ketones is 2. The molecule has 3 saturated carbocycles. The average Bonchev–Trinajstić information content (AvgIpc) is 2.79. The van der Waals surface area contributed by atoms with Gasteiger partial charge in [-0.05, 0) is 60.8 Å². The van der Waals surface area contributed by atoms with Gasteiger partial charge < -0.3 is 0 Å². The van der Waals surface area contributed by atoms with Crippen LogP contribution in [0.1, 0.15) is 58.8 Å². The van der Waals surface area contributed by atoms with Gasteiger partial charge in [-0.25, -0.2) is 4.39 Å². The van der Waals surface area contributed by atoms with Crippen LogP contribution in [0.5, 0.6) is 0 Å². The molecule has 0 bridgehead atoms. The van der Waals surface area contributed by atoms with E-state index in [1.807, 2.05) is 0 Å². The lowest BCUT2D eigenvalue weighted by molar-refractivity contribution is -0.132. The van der Waals surface area contributed by atoms with Crippen LogP contribution in [0.15, 0.2) is 23.6 Å². The van der Waals surface area contributed by atoms with Crippen molar-refractivity contribution in [1.29, 1.82) is 0 Å². The Balaban J connectivity index is 1.79. The normalized spacial score (nSPS) is 46.6. The van der Waals surface area contributed by atoms with E-state index in [0.29, 0.717) is 42.0 Å². The Morgan fingerprint density at radius 2 is 1.74 bits per heavy atom. The van der Waals surface area contributed by atoms with Gasteiger partial charge in [0.25, 0.3) is 0 Å². The molecule has 0 N–H and O–H groups in total. The Kier molecular flexibility index (Phi) is 3.09. The summed E-state index contributed by atoms with van der Waals surface area (Å²) in [6.07, 6.45) is 5.35. The van der Waals surface area contributed by atoms with Gasteiger partial charge in [0.15, 0.2) is 11.6 Å². The lowest BCUT2D eigenvalue weighted by atomic mass is 9.46. The molecule has 0 radical (unpaired) electrons. The number of allylic oxidation sites excluding steroid dienone is 2. The molecule has 0 amide bonds. The maximum Gasteiger partial charge on any atom is 0.191 e. The van der Waals surface area contributed by atoms with Crippen LogP contribution in [0.2, 0.25) is 0 Å². The van der Waals surface area contributed by atoms with Crippen molar-refractivity contribution in [2.24, 2.45) is 28.6 Å². The molecule has 0 spiro atoms. The molecule has 4 rings (SSSR count). The molecule has 2 nitrogen and oxygen atoms in total. The summed E-state index contributed by atoms with van der Waals surface area (Å²) in [5.74, 6) is 0.743. The van der Waals surface area contributed by atoms with E-state index in [4.69, 9.17) is 0 Å². The quantitative estimate of drug-likeness (QED) is 0.657. The van der Waals surface area contributed by atoms with E-state index in [1.54, 1.807) is 0 Å². The molecule has 0 saturated heterocycles. The van der Waals surface area contributed by atoms with E-state index in [9.17, 15) is 14.0 Å². The third-order valence-electron chi connectivity index (χ3n) is 7.71. The minimum absolute atomic E-state index is 0.179. The molecule has 0 aromatic rings. The van der Waals surface area contributed by atoms with Crippen molar-refractivity contribution in [2.75, 3.05) is 0 Å². The van der Waals surface area contributed by atoms with E-state index in [0.717, 1.165) is 37.7 Å². The van der Waals surface area contributed by atoms with Crippen LogP contribution >= 0.6 is 0 Å². The molecule has 0 aromatic heterocycles. The second-order valence-corrected chi connectivity index (χ2v) is 8.63. The Bertz CT molecular complexity index is 661. The number of rotatable bonds is 0. The number of halogens is 1. The van der Waals surface area contributed by atoms with Crippen molar-refractivity contribution in [3.8, 4) is 0 Å². The van der Waals surface area contributed by atoms with Gasteiger partial charge in [-0.15, -0.1) is 0 Å². The van der Waals surface area contributed by atoms with Crippen molar-refractivity contribution in [2.45, 2.75) is 58.8 Å². The predicted molar refractivity (Wildman–Crippen MR) is 86.3 cm³/mol. The molecule has 4 aliphatic rings. The summed E-state index contributed by atoms with van der Waals surface area (Å²) >= 11 is 0. The first-order chi connectivity index (χ1) is 10.8. The second-order valence-electron chi connectivity index (χ2n) is 8.63. The number of carbonyl (C=O) groups is 2. The molecule has 0 aromatic carbocycles. The van der Waals surface area contributed by atoms with Gasteiger partial charge in [0.1, 0.15) is 5.78 Å². The highest BCUT2D eigenvalue weighted by Gasteiger charge is 2.60. The van der Waals surface area contributed by atoms with Crippen LogP contribution < -0.4 is 0 Å². The molecule has 0 heterocycles. The molecule has 3 fully saturated rings. The summed E-state index contributed by atoms with van der Waals surface area (Å²) in [5, 5.41) is 0. The summed E-state index contributed by atoms with van der Waals surface area (Å²) in [4.78, 5) is 24.3. The molecule has 5 atom stereocenters. The third-order valence-corrected chi connectivity index (χ3v) is 7.71. The number of hydrogen-bond donors (Lipinski definition) is 0. The van der Waals surface area contributed by atoms with Crippen molar-refractivity contribution in [3.05, 3.63) is 23.6 Å². The van der Waals surface area contributed by atoms with Crippen molar-refractivity contribution in [3.63, 3.8) is 0 Å². The number of fused-ring (bicyclic) bond motifs is 5. The van der Waals surface area contributed by atoms with Crippen LogP contribution in [-0.4, -0.2) is 11.6 Å². The van der Waals surface area contributed by atoms with E-state index in [2.05, 4.69) is 20.4 Å². The minimum atomic E-state index is -0.530. The Morgan fingerprint density at radius 1 is 1.04 bits per heavy atom. The van der Waals surface area contributed by atoms with Gasteiger partial charge in [0, 0.05) is 23.8 Å². The topological polar surface area (TPSA) is 34.1 Å². The van der Waals surface area contributed by atoms with Crippen molar-refractivity contribution >= 4 is 11.6 Å². The van der Waals surface area contributed by atoms with Gasteiger partial charge >= 0.3 is 0 Å². The molecular formula is C20H25FO2. The smallest absolute Gasteiger partial charge is 0.191 e. The molecule has 23 heavy (non-hydrogen) atoms. The highest BCUT2D eigenvalue weighted by molar-refractivity contribution is 5.96. The van der Waals surface area contributed by atoms with Crippen LogP contribution in [0.4, 0.5) is 4.39 Å². The SMILES string of the molecule is C=C1C[C@@H]2[C@H](CC[C@]3(C)C(=O)CC[C@@H]23)[C@@]2(C)CCC(=O)C(F)=C12. The fourth-order valence-electron chi connectivity index (χ4n) is 6.45. The molecule has 0 aliphatic heterocycles. The maximum absolute atomic E-state index is 14.6. The zero-order valence-electron chi connectivity index (χ0n) is 14.1. The van der Waals surface area contributed by atoms with Crippen molar-refractivity contribution in [1.82, 2.24) is 0 Å². The summed E-state index contributed by atoms with van der Waals surface area (Å²) < 4.78 is 14.6. The Morgan fingerprint density at radius 3 is 2.48 bits per heavy atom. The fraction of sp³-hybridized carbons (Fsp3) is 0.700. The monoisotopic (exact) mass is 316 g/mol. The van der Waals surface area contributed by atoms with Crippen LogP contribution in [-0.2, 0) is 9.59 Å². The first kappa shape index (κ1) is 15.3. The number of carbonyl (C=O) groups excluding carboxylic acids is 2. The lowest BCUT2D eigenvalue weighted by Crippen LogP contribution is -2.51. The van der Waals surface area contributed by atoms with E-state index in [-0.39, 0.29) is 16.6 Å². The molecule has 4 aliphatic carbocycles. The first-order valence-corrected chi connectivity index (χ1v) is 8.94. The average molecular weight is 316 g/mol. The van der Waals surface area contributed by atoms with Gasteiger partial charge in [-0.2, -0.15) is 0 Å². The van der Waals surface area contributed by atoms with Gasteiger partial charge in [-0.1, -0.05) is 20.4 Å². The van der Waals surface area contributed by atoms with E-state index >= 15 is 0 Å². The van der Waals surface area contributed by atoms with Gasteiger partial charge in [0.05, 0.1) is 0 Å². The standard InChI is InChI=1S/C20H25FO2/c1-11-10-12-13-4-5-16(23)19(13,2)8-6-14(12)20(3)9-7-15(22)18(21)17(11)20/h12-14H,1,4-10H2,2-3H3/t12-,13-,14-,19-,20+/m0/s1. The zero-order valence-corrected chi connectivity index (χ0v) is 14.1. The fourth-order valence-corrected chi connectivity index (χ4v) is 6.45. The highest BCUT2D eigenvalue weighted by Crippen LogP contribution is 2.65. The lowest BCUT2D eigenvalue weighted by Gasteiger charge is -2.57. The van der Waals surface area contributed by atoms with E-state index < -0.39 is 5.83 Å². The second kappa shape index (κ2) is 4.64. The maximum atomic E-state index is 14.6. The Labute approximate surface area is 137 Å². The number of hydrogen-bond acceptors (Lipinski definition) is 2. The largest absolute Gasteiger partial charge is 0.299 e. The number of Topliss-reactive ketones (excluding diaryl/α,β-unsaturated/α-hetero) is 2. The molecular weight excluding hydrogens is 291 g/mol. The van der Waals surface area contributed by atoms with E-state index in [1.165, 1.54) is 0 Å². The molecule has 0 unspecified atom stereocenters. The Hall–Kier alpha value is -1.25. The first-order valence-electron chi connectivity index (χ1n) is 8.94. The summed E-state index contributed by atoms with van der Waals surface area (Å²) in [6.45, 7) is 8.42. The summed E-state index contributed by atoms with van der Waals surface area (Å²) in [5.41, 5.74) is 0.971. The van der Waals surface area contributed by atoms with Gasteiger partial charge in [0.2, 0.25) is 0 Å². The predicted octanol–water partition coefficient (Wildman–Crippen LogP) is 4.55. The zero-order chi connectivity index (χ0) is 16.6. The molecule has 124 valence electrons. The third kappa shape index (κ3) is 1.79. The van der Waals surface area contributed by atoms with Gasteiger partial charge in [-0.3, -0.25) is 9.59 Å². The summed E-state index contributed by atoms with van der Waals surface area (Å²) in [7, 11) is 0. The van der Waals surface area contributed by atoms with Crippen LogP contribution in [0.25, 0.3) is 0 Å². The molecule has 3 heteroatoms. The minimum Gasteiger partial charge on any atom is -0.299 e. The highest BCUT2D eigenvalue weighted by atomic mass is 19.1. The van der Waals surface area contributed by atoms with Crippen molar-refractivity contribution < 1.29 is 14.0 Å².